The van der Waals surface area contributed by atoms with Gasteiger partial charge in [-0.15, -0.1) is 0 Å². The molecule has 5 nitrogen and oxygen atoms in total. The normalized spacial score (nSPS) is 13.0. The highest BCUT2D eigenvalue weighted by atomic mass is 16.5. The van der Waals surface area contributed by atoms with E-state index in [1.165, 1.54) is 16.7 Å². The molecule has 1 aliphatic rings. The molecule has 5 heteroatoms. The number of aromatic nitrogens is 3. The third-order valence-electron chi connectivity index (χ3n) is 5.27. The summed E-state index contributed by atoms with van der Waals surface area (Å²) in [6, 6.07) is 4.56. The average Bonchev–Trinajstić information content (AvgIpc) is 2.61. The smallest absolute Gasteiger partial charge is 0.176 e. The molecule has 0 saturated carbocycles. The monoisotopic (exact) mass is 374 g/mol. The lowest BCUT2D eigenvalue weighted by Gasteiger charge is -2.35. The van der Waals surface area contributed by atoms with Crippen LogP contribution in [0.3, 0.4) is 0 Å². The standard InChI is InChI=1S/C23H26N4O/c1-13-8-17(23(5,6)7)9-14(2)20(13)27-18-11-24-10-15(3)21(18)28-22-16(4)26-25-12-19(22)27/h8-12H,1-7H3. The van der Waals surface area contributed by atoms with Crippen LogP contribution >= 0.6 is 0 Å². The second kappa shape index (κ2) is 6.30. The lowest BCUT2D eigenvalue weighted by molar-refractivity contribution is 0.463. The van der Waals surface area contributed by atoms with Gasteiger partial charge in [0.05, 0.1) is 18.1 Å². The van der Waals surface area contributed by atoms with Crippen LogP contribution < -0.4 is 9.64 Å². The first-order valence-electron chi connectivity index (χ1n) is 9.55. The summed E-state index contributed by atoms with van der Waals surface area (Å²) in [7, 11) is 0. The Balaban J connectivity index is 2.02. The van der Waals surface area contributed by atoms with Crippen LogP contribution in [0.1, 0.15) is 48.7 Å². The maximum Gasteiger partial charge on any atom is 0.176 e. The molecule has 0 radical (unpaired) electrons. The van der Waals surface area contributed by atoms with Gasteiger partial charge in [-0.25, -0.2) is 0 Å². The van der Waals surface area contributed by atoms with Crippen molar-refractivity contribution in [2.24, 2.45) is 0 Å². The average molecular weight is 374 g/mol. The molecule has 3 aromatic rings. The fourth-order valence-corrected chi connectivity index (χ4v) is 3.79. The van der Waals surface area contributed by atoms with Gasteiger partial charge in [0, 0.05) is 11.8 Å². The molecule has 0 spiro atoms. The number of hydrogen-bond donors (Lipinski definition) is 0. The van der Waals surface area contributed by atoms with Gasteiger partial charge in [0.15, 0.2) is 11.5 Å². The van der Waals surface area contributed by atoms with Crippen LogP contribution in [0, 0.1) is 27.7 Å². The van der Waals surface area contributed by atoms with Gasteiger partial charge in [0.25, 0.3) is 0 Å². The molecule has 3 heterocycles. The minimum atomic E-state index is 0.0923. The van der Waals surface area contributed by atoms with Crippen molar-refractivity contribution in [3.05, 3.63) is 58.7 Å². The molecule has 4 rings (SSSR count). The minimum absolute atomic E-state index is 0.0923. The second-order valence-corrected chi connectivity index (χ2v) is 8.60. The molecule has 1 aromatic carbocycles. The molecule has 0 aliphatic carbocycles. The molecule has 28 heavy (non-hydrogen) atoms. The number of hydrogen-bond acceptors (Lipinski definition) is 5. The van der Waals surface area contributed by atoms with Crippen molar-refractivity contribution >= 4 is 17.1 Å². The van der Waals surface area contributed by atoms with Crippen LogP contribution in [-0.4, -0.2) is 15.2 Å². The van der Waals surface area contributed by atoms with E-state index >= 15 is 0 Å². The highest BCUT2D eigenvalue weighted by Gasteiger charge is 2.31. The van der Waals surface area contributed by atoms with Gasteiger partial charge < -0.3 is 9.64 Å². The Bertz CT molecular complexity index is 1010. The molecule has 0 fully saturated rings. The minimum Gasteiger partial charge on any atom is -0.450 e. The predicted octanol–water partition coefficient (Wildman–Crippen LogP) is 5.98. The van der Waals surface area contributed by atoms with Crippen LogP contribution in [0.4, 0.5) is 17.1 Å². The van der Waals surface area contributed by atoms with E-state index in [1.807, 2.05) is 26.2 Å². The first kappa shape index (κ1) is 18.4. The number of fused-ring (bicyclic) bond motifs is 2. The predicted molar refractivity (Wildman–Crippen MR) is 112 cm³/mol. The van der Waals surface area contributed by atoms with Crippen LogP contribution in [0.2, 0.25) is 0 Å². The van der Waals surface area contributed by atoms with Crippen LogP contribution in [0.5, 0.6) is 11.5 Å². The maximum atomic E-state index is 6.26. The highest BCUT2D eigenvalue weighted by molar-refractivity contribution is 5.88. The molecule has 0 atom stereocenters. The largest absolute Gasteiger partial charge is 0.450 e. The van der Waals surface area contributed by atoms with Gasteiger partial charge in [-0.1, -0.05) is 32.9 Å². The van der Waals surface area contributed by atoms with Crippen molar-refractivity contribution in [3.8, 4) is 11.5 Å². The second-order valence-electron chi connectivity index (χ2n) is 8.60. The van der Waals surface area contributed by atoms with Gasteiger partial charge in [-0.2, -0.15) is 10.2 Å². The number of pyridine rings is 1. The van der Waals surface area contributed by atoms with Gasteiger partial charge >= 0.3 is 0 Å². The van der Waals surface area contributed by atoms with E-state index < -0.39 is 0 Å². The summed E-state index contributed by atoms with van der Waals surface area (Å²) in [4.78, 5) is 6.64. The lowest BCUT2D eigenvalue weighted by atomic mass is 9.84. The van der Waals surface area contributed by atoms with Gasteiger partial charge in [-0.3, -0.25) is 4.98 Å². The van der Waals surface area contributed by atoms with E-state index in [1.54, 1.807) is 6.20 Å². The van der Waals surface area contributed by atoms with E-state index in [0.717, 1.165) is 39.8 Å². The number of nitrogens with zero attached hydrogens (tertiary/aromatic N) is 4. The third kappa shape index (κ3) is 2.82. The molecular formula is C23H26N4O. The fraction of sp³-hybridized carbons (Fsp3) is 0.348. The van der Waals surface area contributed by atoms with E-state index in [0.29, 0.717) is 0 Å². The quantitative estimate of drug-likeness (QED) is 0.410. The number of benzene rings is 1. The summed E-state index contributed by atoms with van der Waals surface area (Å²) in [6.07, 6.45) is 5.45. The van der Waals surface area contributed by atoms with Crippen LogP contribution in [0.25, 0.3) is 0 Å². The fourth-order valence-electron chi connectivity index (χ4n) is 3.79. The molecule has 1 aliphatic heterocycles. The first-order chi connectivity index (χ1) is 13.2. The zero-order valence-electron chi connectivity index (χ0n) is 17.6. The Hall–Kier alpha value is -2.95. The van der Waals surface area contributed by atoms with Crippen molar-refractivity contribution in [2.45, 2.75) is 53.9 Å². The topological polar surface area (TPSA) is 51.1 Å². The molecule has 0 unspecified atom stereocenters. The van der Waals surface area contributed by atoms with Crippen molar-refractivity contribution in [3.63, 3.8) is 0 Å². The third-order valence-corrected chi connectivity index (χ3v) is 5.27. The number of aryl methyl sites for hydroxylation is 4. The van der Waals surface area contributed by atoms with Crippen molar-refractivity contribution < 1.29 is 4.74 Å². The van der Waals surface area contributed by atoms with Gasteiger partial charge in [-0.05, 0) is 49.8 Å². The zero-order valence-corrected chi connectivity index (χ0v) is 17.6. The summed E-state index contributed by atoms with van der Waals surface area (Å²) in [5, 5.41) is 8.39. The summed E-state index contributed by atoms with van der Waals surface area (Å²) < 4.78 is 6.26. The maximum absolute atomic E-state index is 6.26. The number of rotatable bonds is 1. The summed E-state index contributed by atoms with van der Waals surface area (Å²) >= 11 is 0. The molecule has 0 saturated heterocycles. The zero-order chi connectivity index (χ0) is 20.2. The van der Waals surface area contributed by atoms with E-state index in [2.05, 4.69) is 66.8 Å². The molecule has 144 valence electrons. The summed E-state index contributed by atoms with van der Waals surface area (Å²) in [5.74, 6) is 1.56. The Morgan fingerprint density at radius 3 is 2.11 bits per heavy atom. The van der Waals surface area contributed by atoms with E-state index in [9.17, 15) is 0 Å². The molecular weight excluding hydrogens is 348 g/mol. The molecule has 0 N–H and O–H groups in total. The Morgan fingerprint density at radius 2 is 1.46 bits per heavy atom. The van der Waals surface area contributed by atoms with Gasteiger partial charge in [0.2, 0.25) is 0 Å². The highest BCUT2D eigenvalue weighted by Crippen LogP contribution is 2.53. The van der Waals surface area contributed by atoms with Gasteiger partial charge in [0.1, 0.15) is 17.1 Å². The van der Waals surface area contributed by atoms with E-state index in [-0.39, 0.29) is 5.41 Å². The summed E-state index contributed by atoms with van der Waals surface area (Å²) in [6.45, 7) is 15.0. The van der Waals surface area contributed by atoms with Crippen molar-refractivity contribution in [2.75, 3.05) is 4.90 Å². The summed E-state index contributed by atoms with van der Waals surface area (Å²) in [5.41, 5.74) is 8.55. The Kier molecular flexibility index (Phi) is 4.14. The SMILES string of the molecule is Cc1cncc2c1Oc1c(cnnc1C)N2c1c(C)cc(C(C)(C)C)cc1C. The molecule has 0 amide bonds. The first-order valence-corrected chi connectivity index (χ1v) is 9.55. The van der Waals surface area contributed by atoms with Crippen LogP contribution in [-0.2, 0) is 5.41 Å². The Labute approximate surface area is 166 Å². The Morgan fingerprint density at radius 1 is 0.821 bits per heavy atom. The molecule has 2 aromatic heterocycles. The van der Waals surface area contributed by atoms with Crippen molar-refractivity contribution in [1.29, 1.82) is 0 Å². The van der Waals surface area contributed by atoms with Crippen molar-refractivity contribution in [1.82, 2.24) is 15.2 Å². The molecule has 0 bridgehead atoms. The lowest BCUT2D eigenvalue weighted by Crippen LogP contribution is -2.21. The van der Waals surface area contributed by atoms with E-state index in [4.69, 9.17) is 4.74 Å². The van der Waals surface area contributed by atoms with Crippen LogP contribution in [0.15, 0.2) is 30.7 Å². The number of anilines is 3. The number of ether oxygens (including phenoxy) is 1.